The number of anilines is 2. The highest BCUT2D eigenvalue weighted by Gasteiger charge is 2.29. The molecule has 2 heterocycles. The second-order valence-electron chi connectivity index (χ2n) is 9.24. The zero-order chi connectivity index (χ0) is 26.5. The number of methoxy groups -OCH3 is 1. The van der Waals surface area contributed by atoms with Crippen molar-refractivity contribution >= 4 is 23.4 Å². The van der Waals surface area contributed by atoms with Gasteiger partial charge in [0, 0.05) is 36.5 Å². The van der Waals surface area contributed by atoms with Crippen LogP contribution in [0.25, 0.3) is 6.08 Å². The highest BCUT2D eigenvalue weighted by Crippen LogP contribution is 2.35. The lowest BCUT2D eigenvalue weighted by Crippen LogP contribution is -2.51. The smallest absolute Gasteiger partial charge is 0.268 e. The molecule has 2 aliphatic rings. The molecule has 0 bridgehead atoms. The summed E-state index contributed by atoms with van der Waals surface area (Å²) in [5, 5.41) is 12.5. The molecule has 0 spiro atoms. The van der Waals surface area contributed by atoms with E-state index in [-0.39, 0.29) is 24.7 Å². The summed E-state index contributed by atoms with van der Waals surface area (Å²) in [7, 11) is 1.62. The molecule has 1 saturated heterocycles. The van der Waals surface area contributed by atoms with Crippen LogP contribution in [0.5, 0.6) is 5.75 Å². The Balaban J connectivity index is 1.60. The molecule has 2 aliphatic heterocycles. The molecule has 1 atom stereocenters. The van der Waals surface area contributed by atoms with E-state index in [1.807, 2.05) is 35.4 Å². The predicted molar refractivity (Wildman–Crippen MR) is 142 cm³/mol. The van der Waals surface area contributed by atoms with Gasteiger partial charge in [0.1, 0.15) is 17.4 Å². The monoisotopic (exact) mass is 509 g/mol. The first-order valence-corrected chi connectivity index (χ1v) is 12.5. The number of amides is 1. The van der Waals surface area contributed by atoms with Crippen molar-refractivity contribution in [2.45, 2.75) is 33.1 Å². The average Bonchev–Trinajstić information content (AvgIpc) is 2.88. The van der Waals surface area contributed by atoms with Gasteiger partial charge in [-0.05, 0) is 67.7 Å². The predicted octanol–water partition coefficient (Wildman–Crippen LogP) is 5.66. The number of aliphatic hydroxyl groups is 1. The maximum atomic E-state index is 13.9. The molecule has 37 heavy (non-hydrogen) atoms. The number of ether oxygens (including phenoxy) is 1. The van der Waals surface area contributed by atoms with Gasteiger partial charge < -0.3 is 14.7 Å². The van der Waals surface area contributed by atoms with Gasteiger partial charge >= 0.3 is 0 Å². The molecule has 1 unspecified atom stereocenters. The molecule has 0 radical (unpaired) electrons. The van der Waals surface area contributed by atoms with Gasteiger partial charge in [0.15, 0.2) is 0 Å². The zero-order valence-electron chi connectivity index (χ0n) is 21.5. The van der Waals surface area contributed by atoms with Gasteiger partial charge in [0.05, 0.1) is 31.6 Å². The Hall–Kier alpha value is -3.65. The fourth-order valence-electron chi connectivity index (χ4n) is 4.84. The van der Waals surface area contributed by atoms with Crippen molar-refractivity contribution in [1.29, 1.82) is 0 Å². The van der Waals surface area contributed by atoms with E-state index in [0.717, 1.165) is 35.9 Å². The summed E-state index contributed by atoms with van der Waals surface area (Å²) >= 11 is 0. The summed E-state index contributed by atoms with van der Waals surface area (Å²) in [6.07, 6.45) is 10.5. The van der Waals surface area contributed by atoms with E-state index in [1.165, 1.54) is 15.6 Å². The molecule has 0 saturated carbocycles. The van der Waals surface area contributed by atoms with Crippen LogP contribution in [-0.2, 0) is 4.79 Å². The fourth-order valence-corrected chi connectivity index (χ4v) is 4.84. The van der Waals surface area contributed by atoms with Crippen molar-refractivity contribution in [1.82, 2.24) is 5.01 Å². The van der Waals surface area contributed by atoms with Crippen LogP contribution in [-0.4, -0.2) is 42.8 Å². The minimum Gasteiger partial charge on any atom is -0.495 e. The number of benzene rings is 2. The molecule has 2 aromatic carbocycles. The molecular weight excluding hydrogens is 476 g/mol. The Labute approximate surface area is 216 Å². The first kappa shape index (κ1) is 26.4. The Morgan fingerprint density at radius 3 is 2.59 bits per heavy atom. The van der Waals surface area contributed by atoms with Crippen LogP contribution in [0.4, 0.5) is 20.2 Å². The number of piperidine rings is 1. The quantitative estimate of drug-likeness (QED) is 0.466. The molecule has 6 nitrogen and oxygen atoms in total. The Morgan fingerprint density at radius 2 is 1.95 bits per heavy atom. The number of rotatable bonds is 8. The summed E-state index contributed by atoms with van der Waals surface area (Å²) in [5.41, 5.74) is 3.73. The summed E-state index contributed by atoms with van der Waals surface area (Å²) in [6.45, 7) is 4.41. The molecule has 0 aliphatic carbocycles. The number of carbonyl (C=O) groups is 1. The number of hydrogen-bond donors (Lipinski definition) is 1. The molecule has 196 valence electrons. The molecule has 0 aromatic heterocycles. The third kappa shape index (κ3) is 5.85. The van der Waals surface area contributed by atoms with Crippen LogP contribution in [0.15, 0.2) is 66.0 Å². The van der Waals surface area contributed by atoms with E-state index in [4.69, 9.17) is 4.74 Å². The van der Waals surface area contributed by atoms with Gasteiger partial charge in [0.2, 0.25) is 0 Å². The second-order valence-corrected chi connectivity index (χ2v) is 9.24. The summed E-state index contributed by atoms with van der Waals surface area (Å²) < 4.78 is 33.5. The second kappa shape index (κ2) is 11.6. The van der Waals surface area contributed by atoms with Crippen molar-refractivity contribution < 1.29 is 23.4 Å². The van der Waals surface area contributed by atoms with Crippen molar-refractivity contribution in [2.24, 2.45) is 5.92 Å². The summed E-state index contributed by atoms with van der Waals surface area (Å²) in [6, 6.07) is 8.88. The maximum absolute atomic E-state index is 13.9. The van der Waals surface area contributed by atoms with Crippen molar-refractivity contribution in [3.05, 3.63) is 83.2 Å². The van der Waals surface area contributed by atoms with Crippen molar-refractivity contribution in [3.8, 4) is 5.75 Å². The SMILES string of the molecule is CCC1C=CN(c2ccc(C=C3CCCN(N(CCO)c4cc(F)cc(F)c4)C3=O)cc2OC)C=C1C. The van der Waals surface area contributed by atoms with Crippen LogP contribution in [0, 0.1) is 17.6 Å². The summed E-state index contributed by atoms with van der Waals surface area (Å²) in [5.74, 6) is -0.653. The van der Waals surface area contributed by atoms with Crippen LogP contribution in [0.2, 0.25) is 0 Å². The van der Waals surface area contributed by atoms with E-state index in [1.54, 1.807) is 7.11 Å². The van der Waals surface area contributed by atoms with E-state index in [0.29, 0.717) is 36.6 Å². The van der Waals surface area contributed by atoms with E-state index >= 15 is 0 Å². The van der Waals surface area contributed by atoms with Crippen LogP contribution in [0.3, 0.4) is 0 Å². The first-order valence-electron chi connectivity index (χ1n) is 12.5. The molecule has 8 heteroatoms. The Bertz CT molecular complexity index is 1220. The Morgan fingerprint density at radius 1 is 1.19 bits per heavy atom. The largest absolute Gasteiger partial charge is 0.495 e. The molecule has 1 fully saturated rings. The summed E-state index contributed by atoms with van der Waals surface area (Å²) in [4.78, 5) is 15.5. The molecule has 1 N–H and O–H groups in total. The molecular formula is C29H33F2N3O3. The highest BCUT2D eigenvalue weighted by atomic mass is 19.1. The number of carbonyl (C=O) groups excluding carboxylic acids is 1. The normalized spacial score (nSPS) is 18.9. The maximum Gasteiger partial charge on any atom is 0.268 e. The average molecular weight is 510 g/mol. The number of hydrazine groups is 1. The van der Waals surface area contributed by atoms with Crippen LogP contribution >= 0.6 is 0 Å². The number of hydrogen-bond acceptors (Lipinski definition) is 5. The van der Waals surface area contributed by atoms with E-state index in [2.05, 4.69) is 26.1 Å². The molecule has 1 amide bonds. The number of nitrogens with zero attached hydrogens (tertiary/aromatic N) is 3. The van der Waals surface area contributed by atoms with E-state index in [9.17, 15) is 18.7 Å². The van der Waals surface area contributed by atoms with Crippen molar-refractivity contribution in [2.75, 3.05) is 36.7 Å². The van der Waals surface area contributed by atoms with Gasteiger partial charge in [0.25, 0.3) is 5.91 Å². The standard InChI is InChI=1S/C29H33F2N3O3/c1-4-22-9-11-32(19-20(22)2)27-8-7-21(15-28(27)37-3)14-23-6-5-10-34(29(23)36)33(12-13-35)26-17-24(30)16-25(31)18-26/h7-9,11,14-19,22,35H,4-6,10,12-13H2,1-3H3. The van der Waals surface area contributed by atoms with Gasteiger partial charge in [-0.1, -0.05) is 19.1 Å². The van der Waals surface area contributed by atoms with Crippen molar-refractivity contribution in [3.63, 3.8) is 0 Å². The fraction of sp³-hybridized carbons (Fsp3) is 0.345. The number of halogens is 2. The van der Waals surface area contributed by atoms with Gasteiger partial charge in [-0.2, -0.15) is 0 Å². The lowest BCUT2D eigenvalue weighted by atomic mass is 9.96. The Kier molecular flexibility index (Phi) is 8.28. The topological polar surface area (TPSA) is 56.2 Å². The minimum atomic E-state index is -0.746. The van der Waals surface area contributed by atoms with Gasteiger partial charge in [-0.25, -0.2) is 13.8 Å². The number of allylic oxidation sites excluding steroid dienone is 2. The van der Waals surface area contributed by atoms with Crippen LogP contribution in [0.1, 0.15) is 38.7 Å². The first-order chi connectivity index (χ1) is 17.8. The third-order valence-corrected chi connectivity index (χ3v) is 6.74. The third-order valence-electron chi connectivity index (χ3n) is 6.74. The zero-order valence-corrected chi connectivity index (χ0v) is 21.5. The van der Waals surface area contributed by atoms with E-state index < -0.39 is 11.6 Å². The number of aliphatic hydroxyl groups excluding tert-OH is 1. The highest BCUT2D eigenvalue weighted by molar-refractivity contribution is 5.99. The molecule has 4 rings (SSSR count). The molecule has 2 aromatic rings. The minimum absolute atomic E-state index is 0.0274. The van der Waals surface area contributed by atoms with Gasteiger partial charge in [-0.15, -0.1) is 0 Å². The van der Waals surface area contributed by atoms with Crippen LogP contribution < -0.4 is 14.6 Å². The lowest BCUT2D eigenvalue weighted by Gasteiger charge is -2.39. The van der Waals surface area contributed by atoms with Gasteiger partial charge in [-0.3, -0.25) is 9.80 Å². The lowest BCUT2D eigenvalue weighted by molar-refractivity contribution is -0.129.